The highest BCUT2D eigenvalue weighted by Gasteiger charge is 2.60. The first kappa shape index (κ1) is 26.0. The average molecular weight is 587 g/mol. The maximum absolute atomic E-state index is 13.3. The van der Waals surface area contributed by atoms with Gasteiger partial charge in [0.2, 0.25) is 0 Å². The number of methoxy groups -OCH3 is 1. The van der Waals surface area contributed by atoms with Crippen molar-refractivity contribution in [3.05, 3.63) is 63.8 Å². The van der Waals surface area contributed by atoms with E-state index in [0.717, 1.165) is 27.0 Å². The highest BCUT2D eigenvalue weighted by Crippen LogP contribution is 2.63. The van der Waals surface area contributed by atoms with Gasteiger partial charge in [-0.15, -0.1) is 11.8 Å². The lowest BCUT2D eigenvalue weighted by atomic mass is 9.53. The van der Waals surface area contributed by atoms with Crippen LogP contribution in [-0.4, -0.2) is 49.4 Å². The number of allylic oxidation sites excluding steroid dienone is 1. The number of esters is 2. The number of ether oxygens (including phenoxy) is 3. The fourth-order valence-corrected chi connectivity index (χ4v) is 7.85. The van der Waals surface area contributed by atoms with Crippen LogP contribution >= 0.6 is 27.7 Å². The fraction of sp³-hybridized carbons (Fsp3) is 0.393. The third-order valence-electron chi connectivity index (χ3n) is 7.57. The van der Waals surface area contributed by atoms with Crippen LogP contribution in [0.15, 0.2) is 57.6 Å². The number of piperidine rings is 1. The summed E-state index contributed by atoms with van der Waals surface area (Å²) in [4.78, 5) is 41.0. The van der Waals surface area contributed by atoms with E-state index in [1.165, 1.54) is 21.0 Å². The van der Waals surface area contributed by atoms with E-state index in [-0.39, 0.29) is 40.9 Å². The molecule has 2 bridgehead atoms. The lowest BCUT2D eigenvalue weighted by Gasteiger charge is -2.59. The molecule has 9 heteroatoms. The van der Waals surface area contributed by atoms with E-state index in [4.69, 9.17) is 14.2 Å². The molecule has 1 saturated heterocycles. The second-order valence-electron chi connectivity index (χ2n) is 9.77. The Labute approximate surface area is 228 Å². The molecule has 3 aliphatic rings. The van der Waals surface area contributed by atoms with Crippen molar-refractivity contribution in [3.8, 4) is 11.5 Å². The molecular formula is C28H28BrNO6S. The topological polar surface area (TPSA) is 82.1 Å². The first-order chi connectivity index (χ1) is 17.6. The predicted molar refractivity (Wildman–Crippen MR) is 143 cm³/mol. The number of rotatable bonds is 5. The summed E-state index contributed by atoms with van der Waals surface area (Å²) < 4.78 is 17.8. The third-order valence-corrected chi connectivity index (χ3v) is 9.43. The largest absolute Gasteiger partial charge is 0.493 e. The number of carbonyl (C=O) groups excluding carboxylic acids is 3. The smallest absolute Gasteiger partial charge is 0.308 e. The molecule has 1 fully saturated rings. The summed E-state index contributed by atoms with van der Waals surface area (Å²) in [5, 5.41) is -0.0529. The van der Waals surface area contributed by atoms with E-state index in [1.54, 1.807) is 17.8 Å². The van der Waals surface area contributed by atoms with Crippen molar-refractivity contribution in [2.75, 3.05) is 20.7 Å². The number of thioether (sulfide) groups is 1. The minimum Gasteiger partial charge on any atom is -0.493 e. The minimum atomic E-state index is -0.622. The van der Waals surface area contributed by atoms with E-state index in [2.05, 4.69) is 40.0 Å². The number of ketones is 1. The molecule has 0 N–H and O–H groups in total. The highest BCUT2D eigenvalue weighted by atomic mass is 79.9. The standard InChI is InChI=1S/C28H28BrNO6S/c1-15(31)35-22-10-9-19-24(26(22)36-16(2)32)28-11-12-30(3)25(20(28)13-23(34-4)21(33)14-28)27(19)37-18-7-5-17(29)6-8-18/h5-10,13,20,25,27H,11-12,14H2,1-4H3. The Morgan fingerprint density at radius 2 is 1.78 bits per heavy atom. The first-order valence-corrected chi connectivity index (χ1v) is 13.8. The lowest BCUT2D eigenvalue weighted by molar-refractivity contribution is -0.134. The van der Waals surface area contributed by atoms with Crippen molar-refractivity contribution in [1.29, 1.82) is 0 Å². The molecule has 2 aromatic rings. The molecule has 2 aliphatic carbocycles. The number of nitrogens with zero attached hydrogens (tertiary/aromatic N) is 1. The van der Waals surface area contributed by atoms with Gasteiger partial charge in [0.15, 0.2) is 23.0 Å². The highest BCUT2D eigenvalue weighted by molar-refractivity contribution is 9.10. The summed E-state index contributed by atoms with van der Waals surface area (Å²) in [6.07, 6.45) is 2.87. The molecule has 0 spiro atoms. The summed E-state index contributed by atoms with van der Waals surface area (Å²) in [5.41, 5.74) is 1.14. The molecule has 194 valence electrons. The van der Waals surface area contributed by atoms with Crippen LogP contribution in [0, 0.1) is 5.92 Å². The molecule has 0 aromatic heterocycles. The fourth-order valence-electron chi connectivity index (χ4n) is 6.15. The SMILES string of the molecule is COC1=CC2C3C(Sc4ccc(Br)cc4)c4ccc(OC(C)=O)c(OC(C)=O)c4C2(CCN3C)CC1=O. The summed E-state index contributed by atoms with van der Waals surface area (Å²) >= 11 is 5.24. The molecule has 0 saturated carbocycles. The van der Waals surface area contributed by atoms with E-state index in [1.807, 2.05) is 24.3 Å². The zero-order chi connectivity index (χ0) is 26.5. The number of carbonyl (C=O) groups is 3. The lowest BCUT2D eigenvalue weighted by Crippen LogP contribution is -2.61. The molecule has 7 nitrogen and oxygen atoms in total. The Hall–Kier alpha value is -2.62. The van der Waals surface area contributed by atoms with Gasteiger partial charge in [-0.25, -0.2) is 0 Å². The number of hydrogen-bond donors (Lipinski definition) is 0. The van der Waals surface area contributed by atoms with Crippen LogP contribution in [0.5, 0.6) is 11.5 Å². The van der Waals surface area contributed by atoms with E-state index in [9.17, 15) is 14.4 Å². The van der Waals surface area contributed by atoms with Crippen LogP contribution in [0.2, 0.25) is 0 Å². The third kappa shape index (κ3) is 4.51. The molecular weight excluding hydrogens is 558 g/mol. The molecule has 2 aromatic carbocycles. The Bertz CT molecular complexity index is 1310. The van der Waals surface area contributed by atoms with Crippen LogP contribution in [0.25, 0.3) is 0 Å². The van der Waals surface area contributed by atoms with Crippen LogP contribution in [0.1, 0.15) is 43.1 Å². The van der Waals surface area contributed by atoms with Crippen LogP contribution in [-0.2, 0) is 24.5 Å². The Balaban J connectivity index is 1.79. The molecule has 0 radical (unpaired) electrons. The van der Waals surface area contributed by atoms with Crippen molar-refractivity contribution >= 4 is 45.4 Å². The predicted octanol–water partition coefficient (Wildman–Crippen LogP) is 5.21. The number of benzene rings is 2. The maximum Gasteiger partial charge on any atom is 0.308 e. The van der Waals surface area contributed by atoms with Crippen molar-refractivity contribution < 1.29 is 28.6 Å². The van der Waals surface area contributed by atoms with E-state index in [0.29, 0.717) is 12.2 Å². The summed E-state index contributed by atoms with van der Waals surface area (Å²) in [6, 6.07) is 11.9. The maximum atomic E-state index is 13.3. The average Bonchev–Trinajstić information content (AvgIpc) is 2.84. The van der Waals surface area contributed by atoms with Gasteiger partial charge >= 0.3 is 11.9 Å². The minimum absolute atomic E-state index is 0.0529. The van der Waals surface area contributed by atoms with Gasteiger partial charge in [0, 0.05) is 52.6 Å². The van der Waals surface area contributed by atoms with Gasteiger partial charge in [0.25, 0.3) is 0 Å². The number of hydrogen-bond acceptors (Lipinski definition) is 8. The zero-order valence-electron chi connectivity index (χ0n) is 21.1. The van der Waals surface area contributed by atoms with Crippen molar-refractivity contribution in [3.63, 3.8) is 0 Å². The number of likely N-dealkylation sites (N-methyl/N-ethyl adjacent to an activating group) is 1. The quantitative estimate of drug-likeness (QED) is 0.349. The van der Waals surface area contributed by atoms with Gasteiger partial charge < -0.3 is 19.1 Å². The van der Waals surface area contributed by atoms with Crippen molar-refractivity contribution in [1.82, 2.24) is 4.90 Å². The Kier molecular flexibility index (Phi) is 6.98. The molecule has 4 atom stereocenters. The molecule has 4 unspecified atom stereocenters. The van der Waals surface area contributed by atoms with Gasteiger partial charge in [-0.1, -0.05) is 22.0 Å². The first-order valence-electron chi connectivity index (χ1n) is 12.1. The molecule has 0 amide bonds. The Morgan fingerprint density at radius 1 is 1.08 bits per heavy atom. The molecule has 1 aliphatic heterocycles. The van der Waals surface area contributed by atoms with Gasteiger partial charge in [0.1, 0.15) is 0 Å². The van der Waals surface area contributed by atoms with Gasteiger partial charge in [0.05, 0.1) is 12.4 Å². The number of fused-ring (bicyclic) bond motifs is 1. The molecule has 5 rings (SSSR count). The van der Waals surface area contributed by atoms with Crippen LogP contribution in [0.4, 0.5) is 0 Å². The molecule has 37 heavy (non-hydrogen) atoms. The zero-order valence-corrected chi connectivity index (χ0v) is 23.5. The van der Waals surface area contributed by atoms with Crippen LogP contribution < -0.4 is 9.47 Å². The van der Waals surface area contributed by atoms with Gasteiger partial charge in [-0.3, -0.25) is 14.4 Å². The second kappa shape index (κ2) is 9.93. The molecule has 1 heterocycles. The van der Waals surface area contributed by atoms with Crippen molar-refractivity contribution in [2.24, 2.45) is 5.92 Å². The Morgan fingerprint density at radius 3 is 2.43 bits per heavy atom. The summed E-state index contributed by atoms with van der Waals surface area (Å²) in [7, 11) is 3.64. The van der Waals surface area contributed by atoms with Gasteiger partial charge in [-0.05, 0) is 62.0 Å². The van der Waals surface area contributed by atoms with E-state index < -0.39 is 17.4 Å². The van der Waals surface area contributed by atoms with Gasteiger partial charge in [-0.2, -0.15) is 0 Å². The monoisotopic (exact) mass is 585 g/mol. The second-order valence-corrected chi connectivity index (χ2v) is 11.9. The normalized spacial score (nSPS) is 26.5. The number of halogens is 1. The summed E-state index contributed by atoms with van der Waals surface area (Å²) in [5.74, 6) is -0.412. The van der Waals surface area contributed by atoms with Crippen molar-refractivity contribution in [2.45, 2.75) is 48.3 Å². The van der Waals surface area contributed by atoms with E-state index >= 15 is 0 Å². The number of likely N-dealkylation sites (tertiary alicyclic amines) is 1. The summed E-state index contributed by atoms with van der Waals surface area (Å²) in [6.45, 7) is 3.40. The van der Waals surface area contributed by atoms with Crippen LogP contribution in [0.3, 0.4) is 0 Å². The number of Topliss-reactive ketones (excluding diaryl/α,β-unsaturated/α-hetero) is 1.